The Balaban J connectivity index is 2.03. The first-order chi connectivity index (χ1) is 16.5. The number of hydrogen-bond donors (Lipinski definition) is 2. The number of carbonyl (C=O) groups is 1. The fourth-order valence-corrected chi connectivity index (χ4v) is 3.01. The molecule has 12 heteroatoms. The van der Waals surface area contributed by atoms with Gasteiger partial charge in [-0.15, -0.1) is 13.2 Å². The average Bonchev–Trinajstić information content (AvgIpc) is 2.78. The topological polar surface area (TPSA) is 104 Å². The number of carboxylic acid groups (broad SMARTS) is 1. The zero-order chi connectivity index (χ0) is 25.8. The number of aliphatic carboxylic acids is 1. The summed E-state index contributed by atoms with van der Waals surface area (Å²) < 4.78 is 81.4. The van der Waals surface area contributed by atoms with Gasteiger partial charge in [0.25, 0.3) is 11.8 Å². The molecule has 0 amide bonds. The van der Waals surface area contributed by atoms with Crippen LogP contribution in [-0.4, -0.2) is 28.5 Å². The van der Waals surface area contributed by atoms with Crippen molar-refractivity contribution in [3.63, 3.8) is 0 Å². The van der Waals surface area contributed by atoms with Gasteiger partial charge in [0.1, 0.15) is 11.5 Å². The lowest BCUT2D eigenvalue weighted by Gasteiger charge is -2.16. The van der Waals surface area contributed by atoms with E-state index in [9.17, 15) is 26.7 Å². The molecule has 0 saturated heterocycles. The van der Waals surface area contributed by atoms with E-state index in [0.717, 1.165) is 12.1 Å². The van der Waals surface area contributed by atoms with Crippen molar-refractivity contribution in [2.75, 3.05) is 0 Å². The van der Waals surface area contributed by atoms with Crippen LogP contribution in [0, 0.1) is 11.6 Å². The van der Waals surface area contributed by atoms with Gasteiger partial charge < -0.3 is 25.1 Å². The van der Waals surface area contributed by atoms with Crippen LogP contribution < -0.4 is 19.9 Å². The third-order valence-corrected chi connectivity index (χ3v) is 4.59. The highest BCUT2D eigenvalue weighted by Gasteiger charge is 2.31. The van der Waals surface area contributed by atoms with E-state index >= 15 is 0 Å². The Kier molecular flexibility index (Phi) is 7.75. The second-order valence-corrected chi connectivity index (χ2v) is 7.16. The maximum absolute atomic E-state index is 14.4. The number of halogens is 5. The Morgan fingerprint density at radius 3 is 2.34 bits per heavy atom. The van der Waals surface area contributed by atoms with Crippen molar-refractivity contribution in [1.82, 2.24) is 4.98 Å². The fraction of sp³-hybridized carbons (Fsp3) is 0.217. The van der Waals surface area contributed by atoms with E-state index in [2.05, 4.69) is 9.72 Å². The van der Waals surface area contributed by atoms with Crippen molar-refractivity contribution in [1.29, 1.82) is 0 Å². The van der Waals surface area contributed by atoms with Crippen LogP contribution in [-0.2, 0) is 11.3 Å². The summed E-state index contributed by atoms with van der Waals surface area (Å²) in [4.78, 5) is 14.7. The molecule has 0 fully saturated rings. The van der Waals surface area contributed by atoms with Crippen molar-refractivity contribution in [2.45, 2.75) is 32.4 Å². The van der Waals surface area contributed by atoms with Crippen LogP contribution in [0.5, 0.6) is 23.3 Å². The number of rotatable bonds is 9. The smallest absolute Gasteiger partial charge is 0.479 e. The van der Waals surface area contributed by atoms with Crippen LogP contribution in [0.2, 0.25) is 0 Å². The van der Waals surface area contributed by atoms with Gasteiger partial charge in [-0.2, -0.15) is 4.98 Å². The average molecular weight is 498 g/mol. The molecule has 0 radical (unpaired) electrons. The van der Waals surface area contributed by atoms with Crippen molar-refractivity contribution in [2.24, 2.45) is 5.73 Å². The number of aromatic nitrogens is 1. The standard InChI is InChI=1S/C23H19F5N2O5/c1-2-19(22(31)32)34-21-18(25)10-17(24)20(30-21)33-15-7-14(8-16(9-15)35-23(26,27)28)13-5-3-4-12(6-13)11-29/h3-10,19H,2,11,29H2,1H3,(H,31,32). The molecule has 0 aliphatic carbocycles. The van der Waals surface area contributed by atoms with Crippen LogP contribution in [0.3, 0.4) is 0 Å². The number of nitrogens with zero attached hydrogens (tertiary/aromatic N) is 1. The highest BCUT2D eigenvalue weighted by atomic mass is 19.4. The van der Waals surface area contributed by atoms with Crippen LogP contribution >= 0.6 is 0 Å². The molecule has 1 atom stereocenters. The first kappa shape index (κ1) is 25.7. The van der Waals surface area contributed by atoms with E-state index in [1.54, 1.807) is 24.3 Å². The Labute approximate surface area is 195 Å². The zero-order valence-electron chi connectivity index (χ0n) is 18.1. The second kappa shape index (κ2) is 10.6. The molecule has 1 unspecified atom stereocenters. The molecule has 186 valence electrons. The molecule has 7 nitrogen and oxygen atoms in total. The van der Waals surface area contributed by atoms with E-state index < -0.39 is 47.6 Å². The third kappa shape index (κ3) is 6.79. The Morgan fingerprint density at radius 1 is 1.03 bits per heavy atom. The van der Waals surface area contributed by atoms with Gasteiger partial charge in [-0.3, -0.25) is 0 Å². The highest BCUT2D eigenvalue weighted by Crippen LogP contribution is 2.36. The minimum absolute atomic E-state index is 0.0495. The summed E-state index contributed by atoms with van der Waals surface area (Å²) in [5.41, 5.74) is 7.00. The van der Waals surface area contributed by atoms with Gasteiger partial charge in [0.05, 0.1) is 0 Å². The van der Waals surface area contributed by atoms with Gasteiger partial charge >= 0.3 is 12.3 Å². The lowest BCUT2D eigenvalue weighted by Crippen LogP contribution is -2.26. The number of hydrogen-bond acceptors (Lipinski definition) is 6. The summed E-state index contributed by atoms with van der Waals surface area (Å²) in [5.74, 6) is -6.69. The monoisotopic (exact) mass is 498 g/mol. The SMILES string of the molecule is CCC(Oc1nc(Oc2cc(OC(F)(F)F)cc(-c3cccc(CN)c3)c2)c(F)cc1F)C(=O)O. The van der Waals surface area contributed by atoms with Gasteiger partial charge in [-0.1, -0.05) is 25.1 Å². The summed E-state index contributed by atoms with van der Waals surface area (Å²) in [7, 11) is 0. The van der Waals surface area contributed by atoms with Crippen molar-refractivity contribution < 1.29 is 46.1 Å². The first-order valence-electron chi connectivity index (χ1n) is 10.1. The van der Waals surface area contributed by atoms with Crippen LogP contribution in [0.15, 0.2) is 48.5 Å². The molecule has 0 bridgehead atoms. The predicted molar refractivity (Wildman–Crippen MR) is 113 cm³/mol. The van der Waals surface area contributed by atoms with Crippen LogP contribution in [0.25, 0.3) is 11.1 Å². The molecule has 3 N–H and O–H groups in total. The summed E-state index contributed by atoms with van der Waals surface area (Å²) in [6, 6.07) is 10.2. The molecule has 0 aliphatic heterocycles. The number of pyridine rings is 1. The molecule has 35 heavy (non-hydrogen) atoms. The van der Waals surface area contributed by atoms with E-state index in [1.165, 1.54) is 13.0 Å². The van der Waals surface area contributed by atoms with E-state index in [4.69, 9.17) is 20.3 Å². The second-order valence-electron chi connectivity index (χ2n) is 7.16. The van der Waals surface area contributed by atoms with Crippen molar-refractivity contribution >= 4 is 5.97 Å². The first-order valence-corrected chi connectivity index (χ1v) is 10.1. The summed E-state index contributed by atoms with van der Waals surface area (Å²) >= 11 is 0. The minimum atomic E-state index is -5.03. The quantitative estimate of drug-likeness (QED) is 0.380. The summed E-state index contributed by atoms with van der Waals surface area (Å²) in [6.45, 7) is 1.64. The third-order valence-electron chi connectivity index (χ3n) is 4.59. The lowest BCUT2D eigenvalue weighted by molar-refractivity contribution is -0.274. The largest absolute Gasteiger partial charge is 0.573 e. The molecule has 1 heterocycles. The molecule has 3 aromatic rings. The molecular formula is C23H19F5N2O5. The van der Waals surface area contributed by atoms with E-state index in [-0.39, 0.29) is 24.3 Å². The van der Waals surface area contributed by atoms with E-state index in [1.807, 2.05) is 0 Å². The molecular weight excluding hydrogens is 479 g/mol. The fourth-order valence-electron chi connectivity index (χ4n) is 3.01. The molecule has 2 aromatic carbocycles. The number of alkyl halides is 3. The molecule has 0 saturated carbocycles. The van der Waals surface area contributed by atoms with Crippen LogP contribution in [0.1, 0.15) is 18.9 Å². The maximum atomic E-state index is 14.4. The number of benzene rings is 2. The van der Waals surface area contributed by atoms with Gasteiger partial charge in [0, 0.05) is 18.7 Å². The number of nitrogens with two attached hydrogens (primary N) is 1. The zero-order valence-corrected chi connectivity index (χ0v) is 18.1. The van der Waals surface area contributed by atoms with Crippen LogP contribution in [0.4, 0.5) is 22.0 Å². The van der Waals surface area contributed by atoms with Crippen molar-refractivity contribution in [3.05, 3.63) is 65.7 Å². The molecule has 3 rings (SSSR count). The summed E-state index contributed by atoms with van der Waals surface area (Å²) in [6.07, 6.45) is -6.55. The van der Waals surface area contributed by atoms with Gasteiger partial charge in [0.15, 0.2) is 17.7 Å². The predicted octanol–water partition coefficient (Wildman–Crippen LogP) is 5.42. The highest BCUT2D eigenvalue weighted by molar-refractivity contribution is 5.72. The van der Waals surface area contributed by atoms with E-state index in [0.29, 0.717) is 17.2 Å². The lowest BCUT2D eigenvalue weighted by atomic mass is 10.0. The van der Waals surface area contributed by atoms with Gasteiger partial charge in [-0.25, -0.2) is 13.6 Å². The summed E-state index contributed by atoms with van der Waals surface area (Å²) in [5, 5.41) is 9.09. The number of ether oxygens (including phenoxy) is 3. The maximum Gasteiger partial charge on any atom is 0.573 e. The molecule has 0 spiro atoms. The Morgan fingerprint density at radius 2 is 1.71 bits per heavy atom. The van der Waals surface area contributed by atoms with Gasteiger partial charge in [-0.05, 0) is 41.3 Å². The minimum Gasteiger partial charge on any atom is -0.479 e. The van der Waals surface area contributed by atoms with Crippen molar-refractivity contribution in [3.8, 4) is 34.4 Å². The van der Waals surface area contributed by atoms with Gasteiger partial charge in [0.2, 0.25) is 0 Å². The Hall–Kier alpha value is -3.93. The normalized spacial score (nSPS) is 12.2. The molecule has 0 aliphatic rings. The molecule has 1 aromatic heterocycles. The Bertz CT molecular complexity index is 1220. The number of carboxylic acids is 1.